The normalized spacial score (nSPS) is 17.8. The van der Waals surface area contributed by atoms with Gasteiger partial charge in [-0.15, -0.1) is 0 Å². The Kier molecular flexibility index (Phi) is 5.18. The summed E-state index contributed by atoms with van der Waals surface area (Å²) in [4.78, 5) is 24.8. The first-order valence-corrected chi connectivity index (χ1v) is 8.83. The molecule has 0 aromatic heterocycles. The van der Waals surface area contributed by atoms with E-state index >= 15 is 0 Å². The summed E-state index contributed by atoms with van der Waals surface area (Å²) >= 11 is 0. The lowest BCUT2D eigenvalue weighted by atomic mass is 10.2. The van der Waals surface area contributed by atoms with Gasteiger partial charge in [-0.25, -0.2) is 8.42 Å². The van der Waals surface area contributed by atoms with Crippen molar-refractivity contribution in [2.45, 2.75) is 24.8 Å². The van der Waals surface area contributed by atoms with Crippen molar-refractivity contribution in [1.29, 1.82) is 0 Å². The first-order valence-electron chi connectivity index (χ1n) is 7.39. The third kappa shape index (κ3) is 3.77. The Labute approximate surface area is 136 Å². The third-order valence-electron chi connectivity index (χ3n) is 3.84. The minimum atomic E-state index is -3.62. The maximum atomic E-state index is 12.6. The zero-order chi connectivity index (χ0) is 17.2. The van der Waals surface area contributed by atoms with Gasteiger partial charge in [-0.1, -0.05) is 12.1 Å². The number of carbonyl (C=O) groups excluding carboxylic acids is 2. The number of nitrogens with two attached hydrogens (primary N) is 1. The maximum absolute atomic E-state index is 12.6. The van der Waals surface area contributed by atoms with Crippen LogP contribution < -0.4 is 5.73 Å². The van der Waals surface area contributed by atoms with Crippen LogP contribution in [0, 0.1) is 0 Å². The first-order chi connectivity index (χ1) is 10.7. The highest BCUT2D eigenvalue weighted by Gasteiger charge is 2.30. The van der Waals surface area contributed by atoms with Crippen LogP contribution in [0.2, 0.25) is 0 Å². The average Bonchev–Trinajstić information content (AvgIpc) is 2.54. The molecule has 1 saturated heterocycles. The molecule has 0 radical (unpaired) electrons. The summed E-state index contributed by atoms with van der Waals surface area (Å²) in [5.74, 6) is -0.287. The number of ketones is 1. The van der Waals surface area contributed by atoms with Crippen LogP contribution in [0.3, 0.4) is 0 Å². The van der Waals surface area contributed by atoms with Crippen molar-refractivity contribution in [2.75, 3.05) is 26.2 Å². The standard InChI is InChI=1S/C15H21N3O4S/c1-11(16)15(20)17-7-9-18(10-8-17)23(21,22)14-5-3-13(4-6-14)12(2)19/h3-6,11H,7-10,16H2,1-2H3/t11-/m0/s1. The van der Waals surface area contributed by atoms with Gasteiger partial charge in [-0.3, -0.25) is 9.59 Å². The fourth-order valence-corrected chi connectivity index (χ4v) is 3.87. The number of carbonyl (C=O) groups is 2. The van der Waals surface area contributed by atoms with E-state index < -0.39 is 16.1 Å². The number of nitrogens with zero attached hydrogens (tertiary/aromatic N) is 2. The molecule has 126 valence electrons. The highest BCUT2D eigenvalue weighted by molar-refractivity contribution is 7.89. The molecule has 1 fully saturated rings. The molecule has 0 aliphatic carbocycles. The molecular formula is C15H21N3O4S. The smallest absolute Gasteiger partial charge is 0.243 e. The molecule has 0 saturated carbocycles. The number of sulfonamides is 1. The van der Waals surface area contributed by atoms with E-state index in [1.165, 1.54) is 35.5 Å². The van der Waals surface area contributed by atoms with Crippen molar-refractivity contribution < 1.29 is 18.0 Å². The lowest BCUT2D eigenvalue weighted by molar-refractivity contribution is -0.133. The Morgan fingerprint density at radius 1 is 1.09 bits per heavy atom. The van der Waals surface area contributed by atoms with Gasteiger partial charge in [0.2, 0.25) is 15.9 Å². The molecular weight excluding hydrogens is 318 g/mol. The molecule has 1 atom stereocenters. The molecule has 0 unspecified atom stereocenters. The summed E-state index contributed by atoms with van der Waals surface area (Å²) < 4.78 is 26.5. The number of hydrogen-bond acceptors (Lipinski definition) is 5. The molecule has 2 N–H and O–H groups in total. The predicted octanol–water partition coefficient (Wildman–Crippen LogP) is 0.0693. The minimum Gasteiger partial charge on any atom is -0.339 e. The van der Waals surface area contributed by atoms with E-state index in [-0.39, 0.29) is 29.7 Å². The van der Waals surface area contributed by atoms with Crippen molar-refractivity contribution in [2.24, 2.45) is 5.73 Å². The number of Topliss-reactive ketones (excluding diaryl/α,β-unsaturated/α-hetero) is 1. The average molecular weight is 339 g/mol. The van der Waals surface area contributed by atoms with Crippen LogP contribution in [0.25, 0.3) is 0 Å². The summed E-state index contributed by atoms with van der Waals surface area (Å²) in [5.41, 5.74) is 6.04. The van der Waals surface area contributed by atoms with Gasteiger partial charge in [-0.2, -0.15) is 4.31 Å². The van der Waals surface area contributed by atoms with Crippen LogP contribution >= 0.6 is 0 Å². The van der Waals surface area contributed by atoms with Gasteiger partial charge in [0.05, 0.1) is 10.9 Å². The first kappa shape index (κ1) is 17.6. The van der Waals surface area contributed by atoms with Crippen LogP contribution in [-0.2, 0) is 14.8 Å². The van der Waals surface area contributed by atoms with Gasteiger partial charge < -0.3 is 10.6 Å². The van der Waals surface area contributed by atoms with Crippen molar-refractivity contribution >= 4 is 21.7 Å². The lowest BCUT2D eigenvalue weighted by Gasteiger charge is -2.34. The topological polar surface area (TPSA) is 101 Å². The van der Waals surface area contributed by atoms with E-state index in [9.17, 15) is 18.0 Å². The molecule has 8 heteroatoms. The van der Waals surface area contributed by atoms with E-state index in [2.05, 4.69) is 0 Å². The Hall–Kier alpha value is -1.77. The van der Waals surface area contributed by atoms with Crippen molar-refractivity contribution in [3.63, 3.8) is 0 Å². The third-order valence-corrected chi connectivity index (χ3v) is 5.75. The Morgan fingerprint density at radius 2 is 1.61 bits per heavy atom. The second kappa shape index (κ2) is 6.77. The Balaban J connectivity index is 2.10. The van der Waals surface area contributed by atoms with E-state index in [1.54, 1.807) is 11.8 Å². The SMILES string of the molecule is CC(=O)c1ccc(S(=O)(=O)N2CCN(C(=O)[C@H](C)N)CC2)cc1. The highest BCUT2D eigenvalue weighted by atomic mass is 32.2. The molecule has 7 nitrogen and oxygen atoms in total. The second-order valence-electron chi connectivity index (χ2n) is 5.60. The molecule has 1 heterocycles. The summed E-state index contributed by atoms with van der Waals surface area (Å²) in [6.07, 6.45) is 0. The van der Waals surface area contributed by atoms with E-state index in [4.69, 9.17) is 5.73 Å². The summed E-state index contributed by atoms with van der Waals surface area (Å²) in [5, 5.41) is 0. The lowest BCUT2D eigenvalue weighted by Crippen LogP contribution is -2.53. The van der Waals surface area contributed by atoms with Crippen molar-refractivity contribution in [1.82, 2.24) is 9.21 Å². The van der Waals surface area contributed by atoms with Gasteiger partial charge >= 0.3 is 0 Å². The van der Waals surface area contributed by atoms with Crippen molar-refractivity contribution in [3.05, 3.63) is 29.8 Å². The van der Waals surface area contributed by atoms with E-state index in [0.29, 0.717) is 18.7 Å². The molecule has 23 heavy (non-hydrogen) atoms. The predicted molar refractivity (Wildman–Crippen MR) is 85.4 cm³/mol. The number of hydrogen-bond donors (Lipinski definition) is 1. The van der Waals surface area contributed by atoms with E-state index in [1.807, 2.05) is 0 Å². The van der Waals surface area contributed by atoms with Gasteiger partial charge in [0, 0.05) is 31.7 Å². The summed E-state index contributed by atoms with van der Waals surface area (Å²) in [7, 11) is -3.62. The molecule has 1 amide bonds. The fourth-order valence-electron chi connectivity index (χ4n) is 2.45. The Bertz CT molecular complexity index is 690. The van der Waals surface area contributed by atoms with Crippen LogP contribution in [0.1, 0.15) is 24.2 Å². The van der Waals surface area contributed by atoms with Crippen LogP contribution in [0.15, 0.2) is 29.2 Å². The number of benzene rings is 1. The maximum Gasteiger partial charge on any atom is 0.243 e. The van der Waals surface area contributed by atoms with Gasteiger partial charge in [0.15, 0.2) is 5.78 Å². The van der Waals surface area contributed by atoms with Gasteiger partial charge in [-0.05, 0) is 26.0 Å². The molecule has 1 aromatic rings. The number of rotatable bonds is 4. The van der Waals surface area contributed by atoms with Crippen LogP contribution in [-0.4, -0.2) is 61.5 Å². The molecule has 1 aromatic carbocycles. The molecule has 1 aliphatic rings. The van der Waals surface area contributed by atoms with Crippen molar-refractivity contribution in [3.8, 4) is 0 Å². The summed E-state index contributed by atoms with van der Waals surface area (Å²) in [6, 6.07) is 5.30. The largest absolute Gasteiger partial charge is 0.339 e. The molecule has 0 bridgehead atoms. The van der Waals surface area contributed by atoms with Gasteiger partial charge in [0.25, 0.3) is 0 Å². The number of amides is 1. The van der Waals surface area contributed by atoms with Gasteiger partial charge in [0.1, 0.15) is 0 Å². The van der Waals surface area contributed by atoms with Crippen LogP contribution in [0.4, 0.5) is 0 Å². The fraction of sp³-hybridized carbons (Fsp3) is 0.467. The monoisotopic (exact) mass is 339 g/mol. The zero-order valence-corrected chi connectivity index (χ0v) is 14.0. The minimum absolute atomic E-state index is 0.114. The quantitative estimate of drug-likeness (QED) is 0.782. The van der Waals surface area contributed by atoms with Crippen LogP contribution in [0.5, 0.6) is 0 Å². The molecule has 2 rings (SSSR count). The zero-order valence-electron chi connectivity index (χ0n) is 13.2. The Morgan fingerprint density at radius 3 is 2.04 bits per heavy atom. The second-order valence-corrected chi connectivity index (χ2v) is 7.54. The highest BCUT2D eigenvalue weighted by Crippen LogP contribution is 2.18. The molecule has 1 aliphatic heterocycles. The summed E-state index contributed by atoms with van der Waals surface area (Å²) in [6.45, 7) is 4.15. The number of piperazine rings is 1. The van der Waals surface area contributed by atoms with E-state index in [0.717, 1.165) is 0 Å². The molecule has 0 spiro atoms.